The minimum Gasteiger partial charge on any atom is -0.341 e. The lowest BCUT2D eigenvalue weighted by molar-refractivity contribution is -0.113. The lowest BCUT2D eigenvalue weighted by atomic mass is 10.00. The molecule has 6 nitrogen and oxygen atoms in total. The molecule has 28 heavy (non-hydrogen) atoms. The van der Waals surface area contributed by atoms with Crippen LogP contribution < -0.4 is 10.2 Å². The average molecular weight is 424 g/mol. The molecule has 0 unspecified atom stereocenters. The Hall–Kier alpha value is -1.80. The van der Waals surface area contributed by atoms with Crippen LogP contribution in [0, 0.1) is 11.7 Å². The molecule has 1 aliphatic heterocycles. The highest BCUT2D eigenvalue weighted by molar-refractivity contribution is 7.99. The molecule has 1 aromatic carbocycles. The number of carbonyl (C=O) groups is 1. The number of thioether (sulfide) groups is 1. The Morgan fingerprint density at radius 1 is 1.29 bits per heavy atom. The quantitative estimate of drug-likeness (QED) is 0.699. The molecule has 1 aliphatic carbocycles. The van der Waals surface area contributed by atoms with Crippen molar-refractivity contribution in [2.45, 2.75) is 43.8 Å². The van der Waals surface area contributed by atoms with Crippen LogP contribution in [0.15, 0.2) is 23.4 Å². The second kappa shape index (κ2) is 8.29. The molecular formula is C19H23ClFN5OS. The van der Waals surface area contributed by atoms with E-state index in [0.29, 0.717) is 11.1 Å². The smallest absolute Gasteiger partial charge is 0.234 e. The summed E-state index contributed by atoms with van der Waals surface area (Å²) in [5, 5.41) is 12.4. The number of carbonyl (C=O) groups excluding carboxylic acids is 1. The Kier molecular flexibility index (Phi) is 5.78. The topological polar surface area (TPSA) is 63.1 Å². The summed E-state index contributed by atoms with van der Waals surface area (Å²) in [6.45, 7) is 4.27. The molecule has 2 aromatic rings. The summed E-state index contributed by atoms with van der Waals surface area (Å²) < 4.78 is 16.0. The van der Waals surface area contributed by atoms with Crippen molar-refractivity contribution in [3.63, 3.8) is 0 Å². The minimum atomic E-state index is -0.548. The molecule has 0 bridgehead atoms. The number of piperidine rings is 1. The Morgan fingerprint density at radius 3 is 2.71 bits per heavy atom. The predicted octanol–water partition coefficient (Wildman–Crippen LogP) is 4.37. The van der Waals surface area contributed by atoms with Crippen LogP contribution in [0.2, 0.25) is 5.02 Å². The minimum absolute atomic E-state index is 0.127. The Bertz CT molecular complexity index is 864. The van der Waals surface area contributed by atoms with Gasteiger partial charge in [-0.1, -0.05) is 30.3 Å². The van der Waals surface area contributed by atoms with E-state index in [1.54, 1.807) is 6.07 Å². The molecule has 9 heteroatoms. The average Bonchev–Trinajstić information content (AvgIpc) is 3.42. The van der Waals surface area contributed by atoms with Crippen LogP contribution >= 0.6 is 23.4 Å². The van der Waals surface area contributed by atoms with Crippen LogP contribution in [-0.4, -0.2) is 39.5 Å². The number of hydrogen-bond donors (Lipinski definition) is 1. The van der Waals surface area contributed by atoms with Gasteiger partial charge >= 0.3 is 0 Å². The molecule has 1 N–H and O–H groups in total. The van der Waals surface area contributed by atoms with Gasteiger partial charge in [-0.3, -0.25) is 9.36 Å². The Labute approximate surface area is 172 Å². The van der Waals surface area contributed by atoms with E-state index in [2.05, 4.69) is 31.9 Å². The van der Waals surface area contributed by atoms with E-state index in [4.69, 9.17) is 11.6 Å². The number of nitrogens with zero attached hydrogens (tertiary/aromatic N) is 4. The Morgan fingerprint density at radius 2 is 2.04 bits per heavy atom. The van der Waals surface area contributed by atoms with Gasteiger partial charge in [0.1, 0.15) is 5.82 Å². The monoisotopic (exact) mass is 423 g/mol. The second-order valence-electron chi connectivity index (χ2n) is 7.51. The van der Waals surface area contributed by atoms with Crippen LogP contribution in [0.3, 0.4) is 0 Å². The van der Waals surface area contributed by atoms with Gasteiger partial charge in [-0.2, -0.15) is 0 Å². The van der Waals surface area contributed by atoms with Crippen LogP contribution in [-0.2, 0) is 4.79 Å². The summed E-state index contributed by atoms with van der Waals surface area (Å²) in [5.74, 6) is 0.975. The van der Waals surface area contributed by atoms with Gasteiger partial charge in [0, 0.05) is 24.2 Å². The van der Waals surface area contributed by atoms with E-state index < -0.39 is 5.82 Å². The standard InChI is InChI=1S/C19H23ClFN5OS/c1-12-6-8-25(9-7-12)18-23-24-19(26(18)14-3-4-14)28-11-17(27)22-16-5-2-13(20)10-15(16)21/h2,5,10,12,14H,3-4,6-9,11H2,1H3,(H,22,27). The zero-order chi connectivity index (χ0) is 19.7. The van der Waals surface area contributed by atoms with Gasteiger partial charge in [0.15, 0.2) is 5.16 Å². The molecule has 0 atom stereocenters. The van der Waals surface area contributed by atoms with Crippen LogP contribution in [0.25, 0.3) is 0 Å². The van der Waals surface area contributed by atoms with E-state index >= 15 is 0 Å². The molecule has 0 spiro atoms. The third-order valence-electron chi connectivity index (χ3n) is 5.16. The van der Waals surface area contributed by atoms with Crippen molar-refractivity contribution in [2.75, 3.05) is 29.1 Å². The van der Waals surface area contributed by atoms with Gasteiger partial charge in [-0.15, -0.1) is 10.2 Å². The van der Waals surface area contributed by atoms with Crippen molar-refractivity contribution in [3.05, 3.63) is 29.0 Å². The van der Waals surface area contributed by atoms with Gasteiger partial charge in [0.25, 0.3) is 0 Å². The third-order valence-corrected chi connectivity index (χ3v) is 6.34. The molecule has 1 amide bonds. The summed E-state index contributed by atoms with van der Waals surface area (Å²) in [5.41, 5.74) is 0.127. The normalized spacial score (nSPS) is 17.8. The lowest BCUT2D eigenvalue weighted by Gasteiger charge is -2.31. The predicted molar refractivity (Wildman–Crippen MR) is 110 cm³/mol. The highest BCUT2D eigenvalue weighted by Crippen LogP contribution is 2.41. The molecule has 2 heterocycles. The van der Waals surface area contributed by atoms with Gasteiger partial charge in [0.05, 0.1) is 11.4 Å². The van der Waals surface area contributed by atoms with Crippen LogP contribution in [0.5, 0.6) is 0 Å². The second-order valence-corrected chi connectivity index (χ2v) is 8.89. The number of benzene rings is 1. The van der Waals surface area contributed by atoms with Gasteiger partial charge < -0.3 is 10.2 Å². The fourth-order valence-electron chi connectivity index (χ4n) is 3.35. The largest absolute Gasteiger partial charge is 0.341 e. The highest BCUT2D eigenvalue weighted by Gasteiger charge is 2.32. The van der Waals surface area contributed by atoms with E-state index in [9.17, 15) is 9.18 Å². The molecule has 4 rings (SSSR count). The van der Waals surface area contributed by atoms with E-state index in [-0.39, 0.29) is 17.3 Å². The van der Waals surface area contributed by atoms with Crippen molar-refractivity contribution in [2.24, 2.45) is 5.92 Å². The van der Waals surface area contributed by atoms with Gasteiger partial charge in [-0.05, 0) is 49.8 Å². The van der Waals surface area contributed by atoms with Crippen molar-refractivity contribution in [1.29, 1.82) is 0 Å². The lowest BCUT2D eigenvalue weighted by Crippen LogP contribution is -2.34. The molecule has 2 fully saturated rings. The molecule has 150 valence electrons. The molecule has 1 saturated carbocycles. The van der Waals surface area contributed by atoms with Crippen LogP contribution in [0.1, 0.15) is 38.6 Å². The summed E-state index contributed by atoms with van der Waals surface area (Å²) in [4.78, 5) is 14.6. The number of halogens is 2. The number of aromatic nitrogens is 3. The molecular weight excluding hydrogens is 401 g/mol. The van der Waals surface area contributed by atoms with Crippen molar-refractivity contribution in [3.8, 4) is 0 Å². The van der Waals surface area contributed by atoms with Gasteiger partial charge in [-0.25, -0.2) is 4.39 Å². The first kappa shape index (κ1) is 19.5. The van der Waals surface area contributed by atoms with Crippen LogP contribution in [0.4, 0.5) is 16.0 Å². The van der Waals surface area contributed by atoms with E-state index in [1.165, 1.54) is 23.9 Å². The molecule has 0 radical (unpaired) electrons. The Balaban J connectivity index is 1.41. The number of nitrogens with one attached hydrogen (secondary N) is 1. The SMILES string of the molecule is CC1CCN(c2nnc(SCC(=O)Nc3ccc(Cl)cc3F)n2C2CC2)CC1. The molecule has 1 aromatic heterocycles. The number of hydrogen-bond acceptors (Lipinski definition) is 5. The van der Waals surface area contributed by atoms with Crippen molar-refractivity contribution < 1.29 is 9.18 Å². The first-order valence-electron chi connectivity index (χ1n) is 9.59. The zero-order valence-corrected chi connectivity index (χ0v) is 17.3. The number of amides is 1. The van der Waals surface area contributed by atoms with Crippen molar-refractivity contribution >= 4 is 40.9 Å². The summed E-state index contributed by atoms with van der Waals surface area (Å²) in [7, 11) is 0. The number of anilines is 2. The first-order chi connectivity index (χ1) is 13.5. The number of rotatable bonds is 6. The summed E-state index contributed by atoms with van der Waals surface area (Å²) in [6.07, 6.45) is 4.56. The maximum Gasteiger partial charge on any atom is 0.234 e. The van der Waals surface area contributed by atoms with Gasteiger partial charge in [0.2, 0.25) is 11.9 Å². The zero-order valence-electron chi connectivity index (χ0n) is 15.7. The van der Waals surface area contributed by atoms with E-state index in [0.717, 1.165) is 55.8 Å². The van der Waals surface area contributed by atoms with E-state index in [1.807, 2.05) is 0 Å². The fourth-order valence-corrected chi connectivity index (χ4v) is 4.31. The maximum absolute atomic E-state index is 13.9. The fraction of sp³-hybridized carbons (Fsp3) is 0.526. The highest BCUT2D eigenvalue weighted by atomic mass is 35.5. The molecule has 2 aliphatic rings. The molecule has 1 saturated heterocycles. The summed E-state index contributed by atoms with van der Waals surface area (Å²) >= 11 is 7.08. The van der Waals surface area contributed by atoms with Crippen molar-refractivity contribution in [1.82, 2.24) is 14.8 Å². The third kappa shape index (κ3) is 4.43. The first-order valence-corrected chi connectivity index (χ1v) is 10.9. The summed E-state index contributed by atoms with van der Waals surface area (Å²) in [6, 6.07) is 4.61. The maximum atomic E-state index is 13.9.